The lowest BCUT2D eigenvalue weighted by Gasteiger charge is -2.22. The number of amides is 2. The number of anilines is 1. The zero-order chi connectivity index (χ0) is 18.9. The first kappa shape index (κ1) is 19.6. The maximum absolute atomic E-state index is 13.9. The number of benzene rings is 2. The predicted molar refractivity (Wildman–Crippen MR) is 96.8 cm³/mol. The summed E-state index contributed by atoms with van der Waals surface area (Å²) in [6.07, 6.45) is 1.61. The van der Waals surface area contributed by atoms with Crippen LogP contribution in [0.2, 0.25) is 0 Å². The zero-order valence-corrected chi connectivity index (χ0v) is 14.7. The average Bonchev–Trinajstić information content (AvgIpc) is 2.61. The number of carbonyl (C=O) groups excluding carboxylic acids is 2. The molecule has 6 heteroatoms. The van der Waals surface area contributed by atoms with Gasteiger partial charge in [-0.15, -0.1) is 0 Å². The van der Waals surface area contributed by atoms with Gasteiger partial charge in [-0.05, 0) is 30.5 Å². The normalized spacial score (nSPS) is 10.4. The van der Waals surface area contributed by atoms with E-state index in [1.54, 1.807) is 0 Å². The number of nitrogens with zero attached hydrogens (tertiary/aromatic N) is 1. The van der Waals surface area contributed by atoms with Crippen molar-refractivity contribution < 1.29 is 18.4 Å². The Balaban J connectivity index is 1.81. The van der Waals surface area contributed by atoms with Crippen molar-refractivity contribution in [3.05, 3.63) is 65.7 Å². The molecular weight excluding hydrogens is 338 g/mol. The van der Waals surface area contributed by atoms with E-state index < -0.39 is 23.2 Å². The van der Waals surface area contributed by atoms with Crippen LogP contribution < -0.4 is 10.2 Å². The number of halogens is 2. The molecule has 0 fully saturated rings. The minimum absolute atomic E-state index is 0.0291. The van der Waals surface area contributed by atoms with E-state index in [0.717, 1.165) is 29.9 Å². The van der Waals surface area contributed by atoms with Crippen LogP contribution in [0.5, 0.6) is 0 Å². The van der Waals surface area contributed by atoms with Crippen LogP contribution in [0.1, 0.15) is 25.3 Å². The van der Waals surface area contributed by atoms with Gasteiger partial charge >= 0.3 is 0 Å². The fourth-order valence-electron chi connectivity index (χ4n) is 2.64. The second-order valence-corrected chi connectivity index (χ2v) is 5.93. The summed E-state index contributed by atoms with van der Waals surface area (Å²) >= 11 is 0. The lowest BCUT2D eigenvalue weighted by molar-refractivity contribution is -0.121. The van der Waals surface area contributed by atoms with Crippen molar-refractivity contribution in [3.63, 3.8) is 0 Å². The summed E-state index contributed by atoms with van der Waals surface area (Å²) in [5.41, 5.74) is 0.774. The Morgan fingerprint density at radius 2 is 1.65 bits per heavy atom. The predicted octanol–water partition coefficient (Wildman–Crippen LogP) is 3.46. The van der Waals surface area contributed by atoms with Gasteiger partial charge < -0.3 is 10.2 Å². The van der Waals surface area contributed by atoms with Crippen molar-refractivity contribution in [2.24, 2.45) is 0 Å². The third kappa shape index (κ3) is 5.65. The minimum atomic E-state index is -0.830. The Morgan fingerprint density at radius 3 is 2.27 bits per heavy atom. The average molecular weight is 360 g/mol. The molecular formula is C20H22F2N2O2. The third-order valence-electron chi connectivity index (χ3n) is 3.96. The van der Waals surface area contributed by atoms with Crippen LogP contribution in [-0.4, -0.2) is 24.9 Å². The lowest BCUT2D eigenvalue weighted by atomic mass is 10.1. The highest BCUT2D eigenvalue weighted by atomic mass is 19.1. The molecule has 2 aromatic carbocycles. The van der Waals surface area contributed by atoms with Gasteiger partial charge in [0.05, 0.1) is 0 Å². The van der Waals surface area contributed by atoms with Crippen molar-refractivity contribution in [3.8, 4) is 0 Å². The number of hydrogen-bond donors (Lipinski definition) is 1. The SMILES string of the molecule is CC(=O)N(CCC(=O)NCCCc1ccccc1)c1c(F)cccc1F. The Bertz CT molecular complexity index is 730. The molecule has 26 heavy (non-hydrogen) atoms. The maximum Gasteiger partial charge on any atom is 0.224 e. The molecule has 2 aromatic rings. The summed E-state index contributed by atoms with van der Waals surface area (Å²) in [5.74, 6) is -2.45. The molecule has 0 spiro atoms. The van der Waals surface area contributed by atoms with Crippen LogP contribution in [0.15, 0.2) is 48.5 Å². The first-order chi connectivity index (χ1) is 12.5. The van der Waals surface area contributed by atoms with Crippen LogP contribution in [0.25, 0.3) is 0 Å². The topological polar surface area (TPSA) is 49.4 Å². The van der Waals surface area contributed by atoms with E-state index >= 15 is 0 Å². The van der Waals surface area contributed by atoms with E-state index in [1.807, 2.05) is 30.3 Å². The minimum Gasteiger partial charge on any atom is -0.356 e. The molecule has 0 bridgehead atoms. The number of hydrogen-bond acceptors (Lipinski definition) is 2. The van der Waals surface area contributed by atoms with E-state index in [2.05, 4.69) is 5.32 Å². The van der Waals surface area contributed by atoms with Gasteiger partial charge in [-0.25, -0.2) is 8.78 Å². The molecule has 1 N–H and O–H groups in total. The largest absolute Gasteiger partial charge is 0.356 e. The lowest BCUT2D eigenvalue weighted by Crippen LogP contribution is -2.35. The standard InChI is InChI=1S/C20H22F2N2O2/c1-15(25)24(20-17(21)10-5-11-18(20)22)14-12-19(26)23-13-6-9-16-7-3-2-4-8-16/h2-5,7-8,10-11H,6,9,12-14H2,1H3,(H,23,26). The number of nitrogens with one attached hydrogen (secondary N) is 1. The smallest absolute Gasteiger partial charge is 0.224 e. The van der Waals surface area contributed by atoms with E-state index in [9.17, 15) is 18.4 Å². The maximum atomic E-state index is 13.9. The highest BCUT2D eigenvalue weighted by Crippen LogP contribution is 2.23. The van der Waals surface area contributed by atoms with Crippen LogP contribution in [0.4, 0.5) is 14.5 Å². The van der Waals surface area contributed by atoms with Gasteiger partial charge in [-0.3, -0.25) is 9.59 Å². The van der Waals surface area contributed by atoms with Gasteiger partial charge in [0.15, 0.2) is 0 Å². The summed E-state index contributed by atoms with van der Waals surface area (Å²) in [5, 5.41) is 2.76. The molecule has 2 rings (SSSR count). The molecule has 0 saturated heterocycles. The Kier molecular flexibility index (Phi) is 7.26. The first-order valence-electron chi connectivity index (χ1n) is 8.52. The molecule has 0 aliphatic carbocycles. The molecule has 4 nitrogen and oxygen atoms in total. The second kappa shape index (κ2) is 9.65. The zero-order valence-electron chi connectivity index (χ0n) is 14.7. The fraction of sp³-hybridized carbons (Fsp3) is 0.300. The summed E-state index contributed by atoms with van der Waals surface area (Å²) in [4.78, 5) is 24.6. The Hall–Kier alpha value is -2.76. The monoisotopic (exact) mass is 360 g/mol. The van der Waals surface area contributed by atoms with Gasteiger partial charge in [-0.1, -0.05) is 36.4 Å². The number of rotatable bonds is 8. The summed E-state index contributed by atoms with van der Waals surface area (Å²) in [6, 6.07) is 13.3. The van der Waals surface area contributed by atoms with Crippen LogP contribution in [0.3, 0.4) is 0 Å². The van der Waals surface area contributed by atoms with E-state index in [0.29, 0.717) is 6.54 Å². The molecule has 0 radical (unpaired) electrons. The molecule has 0 atom stereocenters. The number of aryl methyl sites for hydroxylation is 1. The van der Waals surface area contributed by atoms with E-state index in [4.69, 9.17) is 0 Å². The van der Waals surface area contributed by atoms with E-state index in [1.165, 1.54) is 18.6 Å². The van der Waals surface area contributed by atoms with Gasteiger partial charge in [0.25, 0.3) is 0 Å². The van der Waals surface area contributed by atoms with E-state index in [-0.39, 0.29) is 18.9 Å². The van der Waals surface area contributed by atoms with Crippen molar-refractivity contribution in [1.29, 1.82) is 0 Å². The molecule has 0 aliphatic heterocycles. The van der Waals surface area contributed by atoms with Crippen molar-refractivity contribution >= 4 is 17.5 Å². The molecule has 0 saturated carbocycles. The summed E-state index contributed by atoms with van der Waals surface area (Å²) in [6.45, 7) is 1.63. The van der Waals surface area contributed by atoms with Crippen LogP contribution in [-0.2, 0) is 16.0 Å². The molecule has 138 valence electrons. The number of para-hydroxylation sites is 1. The van der Waals surface area contributed by atoms with Crippen molar-refractivity contribution in [1.82, 2.24) is 5.32 Å². The quantitative estimate of drug-likeness (QED) is 0.733. The Morgan fingerprint density at radius 1 is 1.00 bits per heavy atom. The van der Waals surface area contributed by atoms with Gasteiger partial charge in [-0.2, -0.15) is 0 Å². The van der Waals surface area contributed by atoms with Gasteiger partial charge in [0, 0.05) is 26.4 Å². The van der Waals surface area contributed by atoms with Crippen molar-refractivity contribution in [2.45, 2.75) is 26.2 Å². The summed E-state index contributed by atoms with van der Waals surface area (Å²) < 4.78 is 27.7. The number of carbonyl (C=O) groups is 2. The molecule has 0 unspecified atom stereocenters. The fourth-order valence-corrected chi connectivity index (χ4v) is 2.64. The van der Waals surface area contributed by atoms with Crippen molar-refractivity contribution in [2.75, 3.05) is 18.0 Å². The van der Waals surface area contributed by atoms with Gasteiger partial charge in [0.1, 0.15) is 17.3 Å². The Labute approximate surface area is 151 Å². The highest BCUT2D eigenvalue weighted by molar-refractivity contribution is 5.92. The van der Waals surface area contributed by atoms with Crippen LogP contribution >= 0.6 is 0 Å². The molecule has 2 amide bonds. The molecule has 0 heterocycles. The van der Waals surface area contributed by atoms with Crippen LogP contribution in [0, 0.1) is 11.6 Å². The molecule has 0 aromatic heterocycles. The van der Waals surface area contributed by atoms with Gasteiger partial charge in [0.2, 0.25) is 11.8 Å². The highest BCUT2D eigenvalue weighted by Gasteiger charge is 2.20. The third-order valence-corrected chi connectivity index (χ3v) is 3.96. The molecule has 0 aliphatic rings. The second-order valence-electron chi connectivity index (χ2n) is 5.93. The summed E-state index contributed by atoms with van der Waals surface area (Å²) in [7, 11) is 0. The first-order valence-corrected chi connectivity index (χ1v) is 8.52.